The van der Waals surface area contributed by atoms with Crippen LogP contribution in [0.3, 0.4) is 0 Å². The van der Waals surface area contributed by atoms with Gasteiger partial charge in [-0.3, -0.25) is 9.59 Å². The fourth-order valence-electron chi connectivity index (χ4n) is 4.61. The van der Waals surface area contributed by atoms with Crippen LogP contribution in [0.2, 0.25) is 0 Å². The van der Waals surface area contributed by atoms with Gasteiger partial charge in [0.2, 0.25) is 5.91 Å². The lowest BCUT2D eigenvalue weighted by molar-refractivity contribution is -0.135. The van der Waals surface area contributed by atoms with Gasteiger partial charge in [0, 0.05) is 24.4 Å². The molecule has 1 heterocycles. The van der Waals surface area contributed by atoms with Crippen molar-refractivity contribution >= 4 is 23.6 Å². The molecular weight excluding hydrogens is 387 g/mol. The fourth-order valence-corrected chi connectivity index (χ4v) is 6.24. The molecule has 160 valence electrons. The molecule has 6 heteroatoms. The van der Waals surface area contributed by atoms with Crippen LogP contribution >= 0.6 is 11.8 Å². The molecule has 1 aliphatic heterocycles. The summed E-state index contributed by atoms with van der Waals surface area (Å²) in [6.07, 6.45) is 7.60. The van der Waals surface area contributed by atoms with Crippen LogP contribution < -0.4 is 0 Å². The maximum Gasteiger partial charge on any atom is 0.255 e. The number of hydrogen-bond donors (Lipinski definition) is 0. The first-order valence-electron chi connectivity index (χ1n) is 11.1. The van der Waals surface area contributed by atoms with Gasteiger partial charge in [-0.25, -0.2) is 4.39 Å². The van der Waals surface area contributed by atoms with Crippen molar-refractivity contribution in [2.75, 3.05) is 18.8 Å². The monoisotopic (exact) mass is 420 g/mol. The van der Waals surface area contributed by atoms with Gasteiger partial charge in [-0.05, 0) is 49.8 Å². The molecule has 1 saturated heterocycles. The molecule has 0 spiro atoms. The minimum Gasteiger partial charge on any atom is -0.341 e. The van der Waals surface area contributed by atoms with Crippen molar-refractivity contribution in [2.24, 2.45) is 5.92 Å². The lowest BCUT2D eigenvalue weighted by Crippen LogP contribution is -2.52. The van der Waals surface area contributed by atoms with Crippen LogP contribution in [0.5, 0.6) is 0 Å². The lowest BCUT2D eigenvalue weighted by atomic mass is 9.88. The lowest BCUT2D eigenvalue weighted by Gasteiger charge is -2.37. The molecule has 2 unspecified atom stereocenters. The van der Waals surface area contributed by atoms with Crippen molar-refractivity contribution in [1.29, 1.82) is 0 Å². The summed E-state index contributed by atoms with van der Waals surface area (Å²) in [5, 5.41) is 0.00474. The molecule has 2 aliphatic rings. The molecule has 0 N–H and O–H groups in total. The molecule has 1 aromatic carbocycles. The van der Waals surface area contributed by atoms with Crippen LogP contribution in [0.1, 0.15) is 69.2 Å². The number of halogens is 1. The van der Waals surface area contributed by atoms with E-state index in [2.05, 4.69) is 13.8 Å². The Morgan fingerprint density at radius 3 is 2.45 bits per heavy atom. The third-order valence-corrected chi connectivity index (χ3v) is 7.44. The van der Waals surface area contributed by atoms with E-state index in [0.717, 1.165) is 25.7 Å². The van der Waals surface area contributed by atoms with Crippen molar-refractivity contribution in [3.05, 3.63) is 35.6 Å². The number of amides is 2. The number of benzene rings is 1. The first-order valence-corrected chi connectivity index (χ1v) is 12.1. The zero-order chi connectivity index (χ0) is 20.8. The summed E-state index contributed by atoms with van der Waals surface area (Å²) in [6.45, 7) is 5.56. The molecule has 0 bridgehead atoms. The van der Waals surface area contributed by atoms with Crippen molar-refractivity contribution in [3.8, 4) is 0 Å². The molecule has 2 atom stereocenters. The van der Waals surface area contributed by atoms with E-state index in [1.54, 1.807) is 28.8 Å². The first kappa shape index (κ1) is 22.1. The molecular formula is C23H33FN2O2S. The van der Waals surface area contributed by atoms with E-state index in [9.17, 15) is 14.0 Å². The predicted octanol–water partition coefficient (Wildman–Crippen LogP) is 4.94. The Kier molecular flexibility index (Phi) is 7.99. The van der Waals surface area contributed by atoms with Gasteiger partial charge in [-0.1, -0.05) is 39.2 Å². The van der Waals surface area contributed by atoms with E-state index < -0.39 is 11.9 Å². The standard InChI is InChI=1S/C23H33FN2O2S/c1-3-13-25(14-4-2)22(28)20-16-29-23(17-9-6-5-7-10-17)26(20)21(27)18-11-8-12-19(24)15-18/h8,11-12,15,17,20,23H,3-7,9-10,13-14,16H2,1-2H3. The molecule has 1 aliphatic carbocycles. The highest BCUT2D eigenvalue weighted by atomic mass is 32.2. The maximum atomic E-state index is 13.8. The van der Waals surface area contributed by atoms with E-state index in [1.807, 2.05) is 4.90 Å². The number of nitrogens with zero attached hydrogens (tertiary/aromatic N) is 2. The molecule has 2 amide bonds. The Bertz CT molecular complexity index is 702. The summed E-state index contributed by atoms with van der Waals surface area (Å²) < 4.78 is 13.8. The van der Waals surface area contributed by atoms with E-state index in [1.165, 1.54) is 31.4 Å². The van der Waals surface area contributed by atoms with Crippen LogP contribution in [-0.2, 0) is 4.79 Å². The number of thioether (sulfide) groups is 1. The van der Waals surface area contributed by atoms with Gasteiger partial charge in [-0.15, -0.1) is 11.8 Å². The highest BCUT2D eigenvalue weighted by Gasteiger charge is 2.46. The molecule has 0 aromatic heterocycles. The average Bonchev–Trinajstić information content (AvgIpc) is 3.18. The van der Waals surface area contributed by atoms with Gasteiger partial charge in [0.05, 0.1) is 5.37 Å². The van der Waals surface area contributed by atoms with Gasteiger partial charge in [-0.2, -0.15) is 0 Å². The zero-order valence-electron chi connectivity index (χ0n) is 17.6. The van der Waals surface area contributed by atoms with Crippen LogP contribution in [0.4, 0.5) is 4.39 Å². The Hall–Kier alpha value is -1.56. The zero-order valence-corrected chi connectivity index (χ0v) is 18.4. The van der Waals surface area contributed by atoms with Crippen molar-refractivity contribution in [1.82, 2.24) is 9.80 Å². The highest BCUT2D eigenvalue weighted by molar-refractivity contribution is 8.00. The third-order valence-electron chi connectivity index (χ3n) is 5.98. The van der Waals surface area contributed by atoms with Gasteiger partial charge in [0.1, 0.15) is 11.9 Å². The van der Waals surface area contributed by atoms with Crippen molar-refractivity contribution < 1.29 is 14.0 Å². The first-order chi connectivity index (χ1) is 14.1. The summed E-state index contributed by atoms with van der Waals surface area (Å²) in [5.74, 6) is 0.458. The van der Waals surface area contributed by atoms with Gasteiger partial charge in [0.15, 0.2) is 0 Å². The smallest absolute Gasteiger partial charge is 0.255 e. The molecule has 4 nitrogen and oxygen atoms in total. The Balaban J connectivity index is 1.89. The normalized spacial score (nSPS) is 22.7. The van der Waals surface area contributed by atoms with Crippen LogP contribution in [-0.4, -0.2) is 51.9 Å². The van der Waals surface area contributed by atoms with Crippen molar-refractivity contribution in [2.45, 2.75) is 70.2 Å². The van der Waals surface area contributed by atoms with E-state index >= 15 is 0 Å². The Morgan fingerprint density at radius 2 is 1.83 bits per heavy atom. The van der Waals surface area contributed by atoms with E-state index in [0.29, 0.717) is 30.3 Å². The van der Waals surface area contributed by atoms with Crippen LogP contribution in [0.15, 0.2) is 24.3 Å². The topological polar surface area (TPSA) is 40.6 Å². The highest BCUT2D eigenvalue weighted by Crippen LogP contribution is 2.41. The molecule has 1 aromatic rings. The molecule has 1 saturated carbocycles. The summed E-state index contributed by atoms with van der Waals surface area (Å²) >= 11 is 1.74. The van der Waals surface area contributed by atoms with Crippen LogP contribution in [0.25, 0.3) is 0 Å². The fraction of sp³-hybridized carbons (Fsp3) is 0.652. The predicted molar refractivity (Wildman–Crippen MR) is 116 cm³/mol. The third kappa shape index (κ3) is 5.14. The summed E-state index contributed by atoms with van der Waals surface area (Å²) in [7, 11) is 0. The summed E-state index contributed by atoms with van der Waals surface area (Å²) in [6, 6.07) is 5.41. The van der Waals surface area contributed by atoms with E-state index in [-0.39, 0.29) is 17.2 Å². The van der Waals surface area contributed by atoms with Gasteiger partial charge in [0.25, 0.3) is 5.91 Å². The molecule has 2 fully saturated rings. The van der Waals surface area contributed by atoms with E-state index in [4.69, 9.17) is 0 Å². The second-order valence-corrected chi connectivity index (χ2v) is 9.34. The maximum absolute atomic E-state index is 13.8. The number of hydrogen-bond acceptors (Lipinski definition) is 3. The second-order valence-electron chi connectivity index (χ2n) is 8.19. The number of rotatable bonds is 7. The van der Waals surface area contributed by atoms with Gasteiger partial charge < -0.3 is 9.80 Å². The number of carbonyl (C=O) groups excluding carboxylic acids is 2. The Labute approximate surface area is 178 Å². The quantitative estimate of drug-likeness (QED) is 0.627. The molecule has 29 heavy (non-hydrogen) atoms. The number of carbonyl (C=O) groups is 2. The van der Waals surface area contributed by atoms with Crippen LogP contribution in [0, 0.1) is 11.7 Å². The second kappa shape index (κ2) is 10.5. The molecule has 0 radical (unpaired) electrons. The Morgan fingerprint density at radius 1 is 1.14 bits per heavy atom. The largest absolute Gasteiger partial charge is 0.341 e. The van der Waals surface area contributed by atoms with Gasteiger partial charge >= 0.3 is 0 Å². The minimum absolute atomic E-state index is 0.00474. The minimum atomic E-state index is -0.458. The average molecular weight is 421 g/mol. The summed E-state index contributed by atoms with van der Waals surface area (Å²) in [5.41, 5.74) is 0.337. The SMILES string of the molecule is CCCN(CCC)C(=O)C1CSC(C2CCCCC2)N1C(=O)c1cccc(F)c1. The van der Waals surface area contributed by atoms with Crippen molar-refractivity contribution in [3.63, 3.8) is 0 Å². The summed E-state index contributed by atoms with van der Waals surface area (Å²) in [4.78, 5) is 30.6. The molecule has 3 rings (SSSR count).